The van der Waals surface area contributed by atoms with E-state index in [4.69, 9.17) is 9.47 Å². The molecule has 0 heterocycles. The number of para-hydroxylation sites is 1. The number of rotatable bonds is 6. The maximum atomic E-state index is 13.1. The Hall–Kier alpha value is -0.400. The first-order valence-electron chi connectivity index (χ1n) is 8.40. The molecule has 1 N–H and O–H groups in total. The van der Waals surface area contributed by atoms with Gasteiger partial charge in [-0.2, -0.15) is 0 Å². The van der Waals surface area contributed by atoms with Crippen molar-refractivity contribution in [2.45, 2.75) is 9.79 Å². The van der Waals surface area contributed by atoms with Crippen LogP contribution >= 0.6 is 90.4 Å². The molecular weight excluding hydrogens is 876 g/mol. The van der Waals surface area contributed by atoms with Crippen molar-refractivity contribution in [1.29, 1.82) is 0 Å². The summed E-state index contributed by atoms with van der Waals surface area (Å²) in [6.45, 7) is -0.318. The Kier molecular flexibility index (Phi) is 8.70. The summed E-state index contributed by atoms with van der Waals surface area (Å²) in [4.78, 5) is 12.2. The van der Waals surface area contributed by atoms with Crippen LogP contribution in [0.1, 0.15) is 0 Å². The SMILES string of the molecule is O=C(COc1c(I)cc(S(=O)(=O)c2cc(I)c(O)c(I)c2)cc1I)Oc1ccccc1. The van der Waals surface area contributed by atoms with Gasteiger partial charge >= 0.3 is 5.97 Å². The number of phenolic OH excluding ortho intramolecular Hbond substituents is 1. The number of halogens is 4. The Morgan fingerprint density at radius 3 is 1.84 bits per heavy atom. The number of phenols is 1. The average Bonchev–Trinajstić information content (AvgIpc) is 2.71. The number of carbonyl (C=O) groups is 1. The van der Waals surface area contributed by atoms with Gasteiger partial charge in [-0.25, -0.2) is 13.2 Å². The highest BCUT2D eigenvalue weighted by Gasteiger charge is 2.23. The molecule has 3 rings (SSSR count). The molecule has 3 aromatic rings. The van der Waals surface area contributed by atoms with E-state index >= 15 is 0 Å². The number of ether oxygens (including phenoxy) is 2. The van der Waals surface area contributed by atoms with Crippen molar-refractivity contribution < 1.29 is 27.8 Å². The first-order chi connectivity index (χ1) is 14.6. The highest BCUT2D eigenvalue weighted by molar-refractivity contribution is 14.1. The van der Waals surface area contributed by atoms with Crippen LogP contribution in [0.5, 0.6) is 17.2 Å². The average molecular weight is 888 g/mol. The van der Waals surface area contributed by atoms with Crippen LogP contribution in [0.3, 0.4) is 0 Å². The van der Waals surface area contributed by atoms with Gasteiger partial charge in [0.2, 0.25) is 9.84 Å². The molecule has 0 atom stereocenters. The van der Waals surface area contributed by atoms with Gasteiger partial charge in [0.25, 0.3) is 0 Å². The van der Waals surface area contributed by atoms with Gasteiger partial charge in [-0.05, 0) is 127 Å². The number of esters is 1. The molecule has 0 spiro atoms. The van der Waals surface area contributed by atoms with E-state index in [-0.39, 0.29) is 22.1 Å². The Bertz CT molecular complexity index is 1200. The fraction of sp³-hybridized carbons (Fsp3) is 0.0500. The van der Waals surface area contributed by atoms with Crippen LogP contribution in [0.4, 0.5) is 0 Å². The summed E-state index contributed by atoms with van der Waals surface area (Å²) in [6.07, 6.45) is 0. The van der Waals surface area contributed by atoms with Gasteiger partial charge in [0, 0.05) is 0 Å². The van der Waals surface area contributed by atoms with Crippen LogP contribution in [-0.4, -0.2) is 26.1 Å². The van der Waals surface area contributed by atoms with E-state index in [1.54, 1.807) is 24.3 Å². The van der Waals surface area contributed by atoms with E-state index in [1.807, 2.05) is 96.4 Å². The summed E-state index contributed by atoms with van der Waals surface area (Å²) < 4.78 is 39.0. The lowest BCUT2D eigenvalue weighted by Crippen LogP contribution is -2.18. The molecule has 0 saturated heterocycles. The van der Waals surface area contributed by atoms with Gasteiger partial charge in [0.05, 0.1) is 24.1 Å². The highest BCUT2D eigenvalue weighted by atomic mass is 127. The fourth-order valence-electron chi connectivity index (χ4n) is 2.44. The first-order valence-corrected chi connectivity index (χ1v) is 14.2. The number of hydrogen-bond acceptors (Lipinski definition) is 6. The van der Waals surface area contributed by atoms with Crippen molar-refractivity contribution in [2.24, 2.45) is 0 Å². The van der Waals surface area contributed by atoms with Crippen molar-refractivity contribution >= 4 is 106 Å². The number of hydrogen-bond donors (Lipinski definition) is 1. The second-order valence-electron chi connectivity index (χ2n) is 6.03. The Labute approximate surface area is 233 Å². The third-order valence-electron chi connectivity index (χ3n) is 3.89. The van der Waals surface area contributed by atoms with Gasteiger partial charge in [0.15, 0.2) is 6.61 Å². The largest absolute Gasteiger partial charge is 0.506 e. The van der Waals surface area contributed by atoms with Gasteiger partial charge < -0.3 is 14.6 Å². The molecule has 0 saturated carbocycles. The third-order valence-corrected chi connectivity index (χ3v) is 8.85. The monoisotopic (exact) mass is 888 g/mol. The number of benzene rings is 3. The Balaban J connectivity index is 1.82. The predicted octanol–water partition coefficient (Wildman–Crippen LogP) is 5.63. The van der Waals surface area contributed by atoms with Crippen LogP contribution in [-0.2, 0) is 14.6 Å². The van der Waals surface area contributed by atoms with Crippen LogP contribution in [0.25, 0.3) is 0 Å². The molecule has 11 heteroatoms. The molecule has 162 valence electrons. The molecule has 0 aliphatic rings. The van der Waals surface area contributed by atoms with Crippen LogP contribution in [0.2, 0.25) is 0 Å². The van der Waals surface area contributed by atoms with Crippen LogP contribution in [0, 0.1) is 14.3 Å². The molecule has 0 radical (unpaired) electrons. The van der Waals surface area contributed by atoms with Crippen molar-refractivity contribution in [3.05, 3.63) is 68.9 Å². The maximum absolute atomic E-state index is 13.1. The number of sulfone groups is 1. The minimum absolute atomic E-state index is 0.0513. The van der Waals surface area contributed by atoms with Crippen LogP contribution in [0.15, 0.2) is 64.4 Å². The fourth-order valence-corrected chi connectivity index (χ4v) is 8.50. The van der Waals surface area contributed by atoms with E-state index in [0.29, 0.717) is 25.8 Å². The predicted molar refractivity (Wildman–Crippen MR) is 148 cm³/mol. The normalized spacial score (nSPS) is 11.2. The summed E-state index contributed by atoms with van der Waals surface area (Å²) in [5.41, 5.74) is 0. The zero-order valence-corrected chi connectivity index (χ0v) is 24.8. The third kappa shape index (κ3) is 6.14. The van der Waals surface area contributed by atoms with Gasteiger partial charge in [-0.3, -0.25) is 0 Å². The Morgan fingerprint density at radius 1 is 0.839 bits per heavy atom. The number of aromatic hydroxyl groups is 1. The van der Waals surface area contributed by atoms with E-state index < -0.39 is 15.8 Å². The molecule has 6 nitrogen and oxygen atoms in total. The summed E-state index contributed by atoms with van der Waals surface area (Å²) >= 11 is 7.73. The van der Waals surface area contributed by atoms with Gasteiger partial charge in [-0.1, -0.05) is 18.2 Å². The van der Waals surface area contributed by atoms with E-state index in [1.165, 1.54) is 24.3 Å². The molecule has 0 bridgehead atoms. The van der Waals surface area contributed by atoms with Crippen molar-refractivity contribution in [1.82, 2.24) is 0 Å². The standard InChI is InChI=1S/C20H12I4O6S/c21-14-6-12(7-15(22)19(14)26)31(27,28)13-8-16(23)20(17(24)9-13)29-10-18(25)30-11-4-2-1-3-5-11/h1-9,26H,10H2. The summed E-state index contributed by atoms with van der Waals surface area (Å²) in [6, 6.07) is 14.5. The Morgan fingerprint density at radius 2 is 1.32 bits per heavy atom. The smallest absolute Gasteiger partial charge is 0.349 e. The van der Waals surface area contributed by atoms with Crippen molar-refractivity contribution in [2.75, 3.05) is 6.61 Å². The minimum Gasteiger partial charge on any atom is -0.506 e. The molecule has 0 fully saturated rings. The summed E-state index contributed by atoms with van der Waals surface area (Å²) in [5, 5.41) is 9.92. The topological polar surface area (TPSA) is 89.9 Å². The second kappa shape index (κ2) is 10.7. The van der Waals surface area contributed by atoms with E-state index in [0.717, 1.165) is 0 Å². The molecule has 0 aliphatic heterocycles. The zero-order valence-electron chi connectivity index (χ0n) is 15.3. The van der Waals surface area contributed by atoms with E-state index in [9.17, 15) is 18.3 Å². The van der Waals surface area contributed by atoms with E-state index in [2.05, 4.69) is 0 Å². The minimum atomic E-state index is -3.81. The quantitative estimate of drug-likeness (QED) is 0.197. The molecule has 0 unspecified atom stereocenters. The van der Waals surface area contributed by atoms with Gasteiger partial charge in [0.1, 0.15) is 17.2 Å². The van der Waals surface area contributed by atoms with Crippen LogP contribution < -0.4 is 9.47 Å². The highest BCUT2D eigenvalue weighted by Crippen LogP contribution is 2.35. The molecule has 0 amide bonds. The molecule has 31 heavy (non-hydrogen) atoms. The van der Waals surface area contributed by atoms with Crippen molar-refractivity contribution in [3.63, 3.8) is 0 Å². The molecular formula is C20H12I4O6S. The van der Waals surface area contributed by atoms with Gasteiger partial charge in [-0.15, -0.1) is 0 Å². The summed E-state index contributed by atoms with van der Waals surface area (Å²) in [7, 11) is -3.81. The summed E-state index contributed by atoms with van der Waals surface area (Å²) in [5.74, 6) is 0.304. The first kappa shape index (κ1) is 25.2. The molecule has 0 aromatic heterocycles. The second-order valence-corrected chi connectivity index (χ2v) is 12.6. The molecule has 3 aromatic carbocycles. The van der Waals surface area contributed by atoms with Crippen molar-refractivity contribution in [3.8, 4) is 17.2 Å². The lowest BCUT2D eigenvalue weighted by Gasteiger charge is -2.13. The number of carbonyl (C=O) groups excluding carboxylic acids is 1. The molecule has 0 aliphatic carbocycles. The zero-order chi connectivity index (χ0) is 22.8. The lowest BCUT2D eigenvalue weighted by molar-refractivity contribution is -0.136. The lowest BCUT2D eigenvalue weighted by atomic mass is 10.3. The maximum Gasteiger partial charge on any atom is 0.349 e.